The van der Waals surface area contributed by atoms with E-state index in [2.05, 4.69) is 5.92 Å². The Balaban J connectivity index is 2.58. The summed E-state index contributed by atoms with van der Waals surface area (Å²) in [6, 6.07) is 0. The first-order chi connectivity index (χ1) is 7.37. The first-order valence-electron chi connectivity index (χ1n) is 5.34. The van der Waals surface area contributed by atoms with E-state index in [4.69, 9.17) is 15.9 Å². The van der Waals surface area contributed by atoms with E-state index < -0.39 is 5.60 Å². The van der Waals surface area contributed by atoms with Gasteiger partial charge in [0.1, 0.15) is 5.60 Å². The van der Waals surface area contributed by atoms with Gasteiger partial charge in [0.15, 0.2) is 0 Å². The largest absolute Gasteiger partial charge is 0.444 e. The van der Waals surface area contributed by atoms with Crippen molar-refractivity contribution in [3.05, 3.63) is 0 Å². The lowest BCUT2D eigenvalue weighted by molar-refractivity contribution is 0.0252. The molecule has 1 amide bonds. The molecule has 0 aromatic heterocycles. The maximum Gasteiger partial charge on any atom is 0.410 e. The highest BCUT2D eigenvalue weighted by atomic mass is 16.6. The molecule has 1 aliphatic heterocycles. The highest BCUT2D eigenvalue weighted by Gasteiger charge is 2.36. The number of methoxy groups -OCH3 is 1. The van der Waals surface area contributed by atoms with Crippen LogP contribution < -0.4 is 0 Å². The molecule has 0 unspecified atom stereocenters. The fourth-order valence-corrected chi connectivity index (χ4v) is 1.65. The summed E-state index contributed by atoms with van der Waals surface area (Å²) in [7, 11) is 1.60. The minimum atomic E-state index is -0.478. The van der Waals surface area contributed by atoms with Gasteiger partial charge in [-0.15, -0.1) is 6.42 Å². The molecule has 0 radical (unpaired) electrons. The van der Waals surface area contributed by atoms with Gasteiger partial charge in [-0.25, -0.2) is 4.79 Å². The van der Waals surface area contributed by atoms with Crippen molar-refractivity contribution in [2.45, 2.75) is 32.5 Å². The monoisotopic (exact) mass is 225 g/mol. The van der Waals surface area contributed by atoms with Gasteiger partial charge in [0, 0.05) is 13.7 Å². The van der Waals surface area contributed by atoms with Crippen molar-refractivity contribution < 1.29 is 14.3 Å². The molecule has 4 nitrogen and oxygen atoms in total. The van der Waals surface area contributed by atoms with Gasteiger partial charge >= 0.3 is 6.09 Å². The van der Waals surface area contributed by atoms with Crippen molar-refractivity contribution in [2.24, 2.45) is 5.92 Å². The molecular formula is C12H19NO3. The minimum Gasteiger partial charge on any atom is -0.444 e. The maximum atomic E-state index is 11.8. The molecule has 0 bridgehead atoms. The molecule has 2 atom stereocenters. The Morgan fingerprint density at radius 2 is 2.06 bits per heavy atom. The number of carbonyl (C=O) groups is 1. The molecule has 1 aliphatic rings. The number of hydrogen-bond donors (Lipinski definition) is 0. The Hall–Kier alpha value is -1.21. The highest BCUT2D eigenvalue weighted by molar-refractivity contribution is 5.68. The average Bonchev–Trinajstić information content (AvgIpc) is 2.57. The van der Waals surface area contributed by atoms with Crippen LogP contribution in [0.3, 0.4) is 0 Å². The number of rotatable bonds is 1. The van der Waals surface area contributed by atoms with Crippen LogP contribution in [0.25, 0.3) is 0 Å². The van der Waals surface area contributed by atoms with Gasteiger partial charge in [-0.2, -0.15) is 0 Å². The fourth-order valence-electron chi connectivity index (χ4n) is 1.65. The van der Waals surface area contributed by atoms with Gasteiger partial charge in [-0.1, -0.05) is 5.92 Å². The number of ether oxygens (including phenoxy) is 2. The van der Waals surface area contributed by atoms with Crippen LogP contribution >= 0.6 is 0 Å². The number of hydrogen-bond acceptors (Lipinski definition) is 3. The van der Waals surface area contributed by atoms with Gasteiger partial charge in [-0.05, 0) is 20.8 Å². The maximum absolute atomic E-state index is 11.8. The molecule has 0 aliphatic carbocycles. The van der Waals surface area contributed by atoms with Gasteiger partial charge in [0.25, 0.3) is 0 Å². The zero-order chi connectivity index (χ0) is 12.3. The Morgan fingerprint density at radius 3 is 2.44 bits per heavy atom. The first kappa shape index (κ1) is 12.9. The van der Waals surface area contributed by atoms with Crippen LogP contribution in [0.4, 0.5) is 4.79 Å². The number of likely N-dealkylation sites (tertiary alicyclic amines) is 1. The third-order valence-electron chi connectivity index (χ3n) is 2.43. The van der Waals surface area contributed by atoms with Crippen LogP contribution in [0.2, 0.25) is 0 Å². The van der Waals surface area contributed by atoms with E-state index in [-0.39, 0.29) is 18.1 Å². The molecular weight excluding hydrogens is 206 g/mol. The SMILES string of the molecule is C#C[C@H]1CN(C(=O)OC(C)(C)C)C[C@H]1OC. The molecule has 1 rings (SSSR count). The average molecular weight is 225 g/mol. The van der Waals surface area contributed by atoms with E-state index in [1.165, 1.54) is 0 Å². The second-order valence-corrected chi connectivity index (χ2v) is 4.93. The van der Waals surface area contributed by atoms with Crippen LogP contribution in [0.15, 0.2) is 0 Å². The summed E-state index contributed by atoms with van der Waals surface area (Å²) < 4.78 is 10.5. The minimum absolute atomic E-state index is 0.0440. The lowest BCUT2D eigenvalue weighted by Gasteiger charge is -2.24. The summed E-state index contributed by atoms with van der Waals surface area (Å²) >= 11 is 0. The second kappa shape index (κ2) is 4.75. The summed E-state index contributed by atoms with van der Waals surface area (Å²) in [5.74, 6) is 2.59. The molecule has 0 N–H and O–H groups in total. The van der Waals surface area contributed by atoms with Crippen molar-refractivity contribution in [1.29, 1.82) is 0 Å². The van der Waals surface area contributed by atoms with Crippen LogP contribution in [0, 0.1) is 18.3 Å². The molecule has 1 heterocycles. The topological polar surface area (TPSA) is 38.8 Å². The van der Waals surface area contributed by atoms with Crippen LogP contribution in [0.5, 0.6) is 0 Å². The van der Waals surface area contributed by atoms with Gasteiger partial charge in [-0.3, -0.25) is 0 Å². The van der Waals surface area contributed by atoms with Crippen molar-refractivity contribution >= 4 is 6.09 Å². The second-order valence-electron chi connectivity index (χ2n) is 4.93. The molecule has 90 valence electrons. The molecule has 4 heteroatoms. The first-order valence-corrected chi connectivity index (χ1v) is 5.34. The quantitative estimate of drug-likeness (QED) is 0.635. The number of nitrogens with zero attached hydrogens (tertiary/aromatic N) is 1. The van der Waals surface area contributed by atoms with Crippen LogP contribution in [0.1, 0.15) is 20.8 Å². The number of terminal acetylenes is 1. The third kappa shape index (κ3) is 3.14. The summed E-state index contributed by atoms with van der Waals surface area (Å²) in [5, 5.41) is 0. The van der Waals surface area contributed by atoms with Crippen LogP contribution in [-0.2, 0) is 9.47 Å². The number of amides is 1. The van der Waals surface area contributed by atoms with E-state index in [0.29, 0.717) is 13.1 Å². The summed E-state index contributed by atoms with van der Waals surface area (Å²) in [5.41, 5.74) is -0.478. The normalized spacial score (nSPS) is 25.3. The fraction of sp³-hybridized carbons (Fsp3) is 0.750. The molecule has 0 saturated carbocycles. The number of carbonyl (C=O) groups excluding carboxylic acids is 1. The summed E-state index contributed by atoms with van der Waals surface area (Å²) in [4.78, 5) is 13.4. The standard InChI is InChI=1S/C12H19NO3/c1-6-9-7-13(8-10(9)15-5)11(14)16-12(2,3)4/h1,9-10H,7-8H2,2-5H3/t9-,10+/m0/s1. The molecule has 16 heavy (non-hydrogen) atoms. The predicted octanol–water partition coefficient (Wildman–Crippen LogP) is 1.50. The molecule has 1 fully saturated rings. The van der Waals surface area contributed by atoms with Gasteiger partial charge in [0.2, 0.25) is 0 Å². The Morgan fingerprint density at radius 1 is 1.44 bits per heavy atom. The van der Waals surface area contributed by atoms with E-state index in [1.807, 2.05) is 20.8 Å². The molecule has 0 spiro atoms. The Bertz CT molecular complexity index is 300. The van der Waals surface area contributed by atoms with E-state index in [0.717, 1.165) is 0 Å². The van der Waals surface area contributed by atoms with E-state index in [9.17, 15) is 4.79 Å². The van der Waals surface area contributed by atoms with E-state index >= 15 is 0 Å². The van der Waals surface area contributed by atoms with Crippen LogP contribution in [-0.4, -0.2) is 42.9 Å². The lowest BCUT2D eigenvalue weighted by Crippen LogP contribution is -2.36. The zero-order valence-electron chi connectivity index (χ0n) is 10.3. The molecule has 1 saturated heterocycles. The van der Waals surface area contributed by atoms with Crippen molar-refractivity contribution in [3.8, 4) is 12.3 Å². The summed E-state index contributed by atoms with van der Waals surface area (Å²) in [6.45, 7) is 6.53. The van der Waals surface area contributed by atoms with Crippen molar-refractivity contribution in [3.63, 3.8) is 0 Å². The van der Waals surface area contributed by atoms with Gasteiger partial charge in [0.05, 0.1) is 18.6 Å². The van der Waals surface area contributed by atoms with Crippen molar-refractivity contribution in [1.82, 2.24) is 4.90 Å². The van der Waals surface area contributed by atoms with E-state index in [1.54, 1.807) is 12.0 Å². The molecule has 0 aromatic rings. The van der Waals surface area contributed by atoms with Crippen molar-refractivity contribution in [2.75, 3.05) is 20.2 Å². The Labute approximate surface area is 96.9 Å². The molecule has 0 aromatic carbocycles. The third-order valence-corrected chi connectivity index (χ3v) is 2.43. The van der Waals surface area contributed by atoms with Gasteiger partial charge < -0.3 is 14.4 Å². The lowest BCUT2D eigenvalue weighted by atomic mass is 10.1. The smallest absolute Gasteiger partial charge is 0.410 e. The Kier molecular flexibility index (Phi) is 3.82. The highest BCUT2D eigenvalue weighted by Crippen LogP contribution is 2.21. The zero-order valence-corrected chi connectivity index (χ0v) is 10.3. The predicted molar refractivity (Wildman–Crippen MR) is 60.9 cm³/mol. The summed E-state index contributed by atoms with van der Waals surface area (Å²) in [6.07, 6.45) is 4.97.